The maximum atomic E-state index is 11.8. The topological polar surface area (TPSA) is 55.2 Å². The molecule has 5 nitrogen and oxygen atoms in total. The quantitative estimate of drug-likeness (QED) is 0.805. The van der Waals surface area contributed by atoms with Crippen molar-refractivity contribution in [2.75, 3.05) is 14.1 Å². The summed E-state index contributed by atoms with van der Waals surface area (Å²) < 4.78 is 26.0. The van der Waals surface area contributed by atoms with E-state index in [-0.39, 0.29) is 5.41 Å². The molecule has 6 heteroatoms. The summed E-state index contributed by atoms with van der Waals surface area (Å²) in [5.41, 5.74) is 0.948. The van der Waals surface area contributed by atoms with Crippen LogP contribution in [0.3, 0.4) is 0 Å². The van der Waals surface area contributed by atoms with Crippen molar-refractivity contribution in [1.29, 1.82) is 0 Å². The van der Waals surface area contributed by atoms with Gasteiger partial charge in [0, 0.05) is 20.3 Å². The minimum absolute atomic E-state index is 0.140. The lowest BCUT2D eigenvalue weighted by Crippen LogP contribution is -2.27. The van der Waals surface area contributed by atoms with Crippen molar-refractivity contribution in [2.45, 2.75) is 33.6 Å². The van der Waals surface area contributed by atoms with E-state index in [0.717, 1.165) is 22.5 Å². The van der Waals surface area contributed by atoms with Gasteiger partial charge < -0.3 is 0 Å². The van der Waals surface area contributed by atoms with Crippen LogP contribution in [0.5, 0.6) is 0 Å². The second-order valence-electron chi connectivity index (χ2n) is 5.18. The van der Waals surface area contributed by atoms with Crippen LogP contribution in [0.2, 0.25) is 0 Å². The van der Waals surface area contributed by atoms with Crippen molar-refractivity contribution < 1.29 is 8.42 Å². The molecule has 0 atom stereocenters. The average Bonchev–Trinajstić information content (AvgIpc) is 2.65. The van der Waals surface area contributed by atoms with Crippen LogP contribution in [-0.4, -0.2) is 35.8 Å². The number of hydrogen-bond donors (Lipinski definition) is 0. The molecule has 0 spiro atoms. The largest absolute Gasteiger partial charge is 0.308 e. The molecular formula is C11H21N3O2S. The molecule has 0 unspecified atom stereocenters. The fourth-order valence-corrected chi connectivity index (χ4v) is 2.16. The summed E-state index contributed by atoms with van der Waals surface area (Å²) in [6.07, 6.45) is 4.75. The molecule has 1 heterocycles. The molecule has 0 amide bonds. The Bertz CT molecular complexity index is 475. The van der Waals surface area contributed by atoms with Crippen LogP contribution in [0, 0.1) is 5.41 Å². The predicted octanol–water partition coefficient (Wildman–Crippen LogP) is 1.52. The molecule has 98 valence electrons. The summed E-state index contributed by atoms with van der Waals surface area (Å²) in [6.45, 7) is 6.41. The summed E-state index contributed by atoms with van der Waals surface area (Å²) >= 11 is 0. The maximum Gasteiger partial charge on any atom is 0.308 e. The van der Waals surface area contributed by atoms with Crippen LogP contribution in [-0.2, 0) is 16.6 Å². The van der Waals surface area contributed by atoms with Crippen LogP contribution in [0.1, 0.15) is 32.9 Å². The minimum atomic E-state index is -3.43. The van der Waals surface area contributed by atoms with Gasteiger partial charge in [-0.2, -0.15) is 12.7 Å². The third kappa shape index (κ3) is 3.29. The second kappa shape index (κ2) is 4.78. The van der Waals surface area contributed by atoms with E-state index in [0.29, 0.717) is 0 Å². The fraction of sp³-hybridized carbons (Fsp3) is 0.727. The average molecular weight is 259 g/mol. The Morgan fingerprint density at radius 1 is 1.41 bits per heavy atom. The van der Waals surface area contributed by atoms with E-state index in [1.165, 1.54) is 24.7 Å². The van der Waals surface area contributed by atoms with Crippen molar-refractivity contribution in [1.82, 2.24) is 13.3 Å². The Hall–Kier alpha value is -0.880. The smallest absolute Gasteiger partial charge is 0.241 e. The van der Waals surface area contributed by atoms with Gasteiger partial charge in [0.25, 0.3) is 0 Å². The number of nitrogens with zero attached hydrogens (tertiary/aromatic N) is 3. The molecular weight excluding hydrogens is 238 g/mol. The lowest BCUT2D eigenvalue weighted by Gasteiger charge is -2.20. The van der Waals surface area contributed by atoms with Crippen molar-refractivity contribution in [2.24, 2.45) is 5.41 Å². The van der Waals surface area contributed by atoms with Crippen molar-refractivity contribution in [3.63, 3.8) is 0 Å². The van der Waals surface area contributed by atoms with Crippen LogP contribution in [0.25, 0.3) is 0 Å². The molecule has 0 bridgehead atoms. The fourth-order valence-electron chi connectivity index (χ4n) is 1.37. The molecule has 17 heavy (non-hydrogen) atoms. The zero-order valence-electron chi connectivity index (χ0n) is 11.1. The van der Waals surface area contributed by atoms with Crippen LogP contribution >= 0.6 is 0 Å². The van der Waals surface area contributed by atoms with E-state index < -0.39 is 10.2 Å². The third-order valence-corrected chi connectivity index (χ3v) is 4.61. The van der Waals surface area contributed by atoms with Gasteiger partial charge >= 0.3 is 10.2 Å². The van der Waals surface area contributed by atoms with Gasteiger partial charge in [-0.1, -0.05) is 27.2 Å². The summed E-state index contributed by atoms with van der Waals surface area (Å²) in [5, 5.41) is 0. The van der Waals surface area contributed by atoms with Crippen LogP contribution in [0.15, 0.2) is 12.5 Å². The maximum absolute atomic E-state index is 11.8. The van der Waals surface area contributed by atoms with Gasteiger partial charge in [-0.25, -0.2) is 8.96 Å². The first-order chi connectivity index (χ1) is 7.69. The van der Waals surface area contributed by atoms with E-state index in [4.69, 9.17) is 0 Å². The molecule has 0 radical (unpaired) electrons. The Kier molecular flexibility index (Phi) is 3.99. The summed E-state index contributed by atoms with van der Waals surface area (Å²) in [7, 11) is -0.421. The monoisotopic (exact) mass is 259 g/mol. The zero-order chi connectivity index (χ0) is 13.3. The van der Waals surface area contributed by atoms with E-state index in [1.807, 2.05) is 0 Å². The molecule has 1 rings (SSSR count). The number of aromatic nitrogens is 2. The van der Waals surface area contributed by atoms with Gasteiger partial charge in [-0.3, -0.25) is 0 Å². The molecule has 0 aliphatic heterocycles. The van der Waals surface area contributed by atoms with Crippen molar-refractivity contribution >= 4 is 10.2 Å². The van der Waals surface area contributed by atoms with E-state index in [2.05, 4.69) is 25.8 Å². The zero-order valence-corrected chi connectivity index (χ0v) is 12.0. The molecule has 0 aliphatic rings. The second-order valence-corrected chi connectivity index (χ2v) is 7.23. The Balaban J connectivity index is 2.94. The molecule has 0 saturated heterocycles. The highest BCUT2D eigenvalue weighted by atomic mass is 32.2. The highest BCUT2D eigenvalue weighted by molar-refractivity contribution is 7.87. The first kappa shape index (κ1) is 14.2. The van der Waals surface area contributed by atoms with Crippen LogP contribution in [0.4, 0.5) is 0 Å². The molecule has 0 saturated carbocycles. The van der Waals surface area contributed by atoms with E-state index >= 15 is 0 Å². The lowest BCUT2D eigenvalue weighted by molar-refractivity contribution is 0.346. The SMILES string of the molecule is CCC(C)(C)Cc1cn(S(=O)(=O)N(C)C)cn1. The third-order valence-electron chi connectivity index (χ3n) is 2.96. The molecule has 0 N–H and O–H groups in total. The Labute approximate surface area is 104 Å². The summed E-state index contributed by atoms with van der Waals surface area (Å²) in [6, 6.07) is 0. The van der Waals surface area contributed by atoms with Gasteiger partial charge in [-0.05, 0) is 11.8 Å². The van der Waals surface area contributed by atoms with E-state index in [9.17, 15) is 8.42 Å². The molecule has 0 fully saturated rings. The first-order valence-electron chi connectivity index (χ1n) is 5.65. The molecule has 0 aliphatic carbocycles. The van der Waals surface area contributed by atoms with Gasteiger partial charge in [0.1, 0.15) is 6.33 Å². The van der Waals surface area contributed by atoms with Crippen molar-refractivity contribution in [3.8, 4) is 0 Å². The lowest BCUT2D eigenvalue weighted by atomic mass is 9.85. The molecule has 1 aromatic heterocycles. The van der Waals surface area contributed by atoms with E-state index in [1.54, 1.807) is 6.20 Å². The normalized spacial score (nSPS) is 13.3. The Morgan fingerprint density at radius 2 is 2.00 bits per heavy atom. The van der Waals surface area contributed by atoms with Gasteiger partial charge in [0.05, 0.1) is 5.69 Å². The van der Waals surface area contributed by atoms with Gasteiger partial charge in [-0.15, -0.1) is 0 Å². The summed E-state index contributed by atoms with van der Waals surface area (Å²) in [4.78, 5) is 4.16. The predicted molar refractivity (Wildman–Crippen MR) is 68.0 cm³/mol. The van der Waals surface area contributed by atoms with Gasteiger partial charge in [0.15, 0.2) is 0 Å². The summed E-state index contributed by atoms with van der Waals surface area (Å²) in [5.74, 6) is 0. The highest BCUT2D eigenvalue weighted by Crippen LogP contribution is 2.24. The Morgan fingerprint density at radius 3 is 2.47 bits per heavy atom. The molecule has 1 aromatic rings. The number of imidazole rings is 1. The van der Waals surface area contributed by atoms with Gasteiger partial charge in [0.2, 0.25) is 0 Å². The molecule has 0 aromatic carbocycles. The minimum Gasteiger partial charge on any atom is -0.241 e. The van der Waals surface area contributed by atoms with Crippen molar-refractivity contribution in [3.05, 3.63) is 18.2 Å². The number of rotatable bonds is 5. The first-order valence-corrected chi connectivity index (χ1v) is 7.04. The highest BCUT2D eigenvalue weighted by Gasteiger charge is 2.20. The standard InChI is InChI=1S/C11H21N3O2S/c1-6-11(2,3)7-10-8-14(9-12-10)17(15,16)13(4)5/h8-9H,6-7H2,1-5H3. The van der Waals surface area contributed by atoms with Crippen LogP contribution < -0.4 is 0 Å². The number of hydrogen-bond acceptors (Lipinski definition) is 3.